The Morgan fingerprint density at radius 2 is 1.87 bits per heavy atom. The van der Waals surface area contributed by atoms with Crippen LogP contribution in [0.15, 0.2) is 60.7 Å². The Morgan fingerprint density at radius 3 is 2.58 bits per heavy atom. The highest BCUT2D eigenvalue weighted by Crippen LogP contribution is 2.22. The van der Waals surface area contributed by atoms with Gasteiger partial charge in [0.15, 0.2) is 12.4 Å². The molecule has 1 aromatic heterocycles. The van der Waals surface area contributed by atoms with Crippen molar-refractivity contribution in [2.24, 2.45) is 0 Å². The Balaban J connectivity index is 1.35. The molecule has 7 heteroatoms. The maximum atomic E-state index is 12.3. The molecule has 2 heterocycles. The number of hydrogen-bond donors (Lipinski definition) is 1. The van der Waals surface area contributed by atoms with Gasteiger partial charge in [0.1, 0.15) is 5.75 Å². The Hall–Kier alpha value is -3.45. The molecule has 2 aromatic carbocycles. The van der Waals surface area contributed by atoms with E-state index in [-0.39, 0.29) is 12.5 Å². The smallest absolute Gasteiger partial charge is 0.262 e. The highest BCUT2D eigenvalue weighted by molar-refractivity contribution is 5.92. The molecule has 0 radical (unpaired) electrons. The molecule has 7 nitrogen and oxygen atoms in total. The summed E-state index contributed by atoms with van der Waals surface area (Å²) in [5.41, 5.74) is 3.55. The number of anilines is 2. The van der Waals surface area contributed by atoms with Gasteiger partial charge in [-0.2, -0.15) is 0 Å². The molecule has 0 spiro atoms. The number of ether oxygens (including phenoxy) is 2. The van der Waals surface area contributed by atoms with E-state index in [9.17, 15) is 4.79 Å². The summed E-state index contributed by atoms with van der Waals surface area (Å²) >= 11 is 0. The van der Waals surface area contributed by atoms with Gasteiger partial charge < -0.3 is 19.7 Å². The van der Waals surface area contributed by atoms with Crippen LogP contribution in [-0.2, 0) is 16.0 Å². The molecular formula is C24H26N4O3. The largest absolute Gasteiger partial charge is 0.484 e. The predicted octanol–water partition coefficient (Wildman–Crippen LogP) is 3.56. The first-order valence-corrected chi connectivity index (χ1v) is 10.5. The highest BCUT2D eigenvalue weighted by atomic mass is 16.5. The monoisotopic (exact) mass is 418 g/mol. The highest BCUT2D eigenvalue weighted by Gasteiger charge is 2.13. The van der Waals surface area contributed by atoms with E-state index < -0.39 is 0 Å². The standard InChI is InChI=1S/C24H26N4O3/c1-2-18-6-8-21(9-7-18)31-17-24(29)25-20-5-3-4-19(16-20)22-10-11-23(27-26-22)28-12-14-30-15-13-28/h3-11,16H,2,12-15,17H2,1H3,(H,25,29). The molecule has 1 saturated heterocycles. The van der Waals surface area contributed by atoms with Crippen molar-refractivity contribution in [3.8, 4) is 17.0 Å². The fourth-order valence-electron chi connectivity index (χ4n) is 3.36. The number of aryl methyl sites for hydroxylation is 1. The molecule has 3 aromatic rings. The summed E-state index contributed by atoms with van der Waals surface area (Å²) in [6.45, 7) is 5.10. The van der Waals surface area contributed by atoms with Crippen molar-refractivity contribution in [2.45, 2.75) is 13.3 Å². The Labute approximate surface area is 182 Å². The second-order valence-electron chi connectivity index (χ2n) is 7.29. The van der Waals surface area contributed by atoms with E-state index in [0.717, 1.165) is 36.6 Å². The van der Waals surface area contributed by atoms with Crippen molar-refractivity contribution in [1.29, 1.82) is 0 Å². The number of morpholine rings is 1. The molecule has 0 bridgehead atoms. The molecule has 31 heavy (non-hydrogen) atoms. The third-order valence-corrected chi connectivity index (χ3v) is 5.13. The predicted molar refractivity (Wildman–Crippen MR) is 120 cm³/mol. The zero-order valence-corrected chi connectivity index (χ0v) is 17.6. The van der Waals surface area contributed by atoms with Crippen molar-refractivity contribution in [1.82, 2.24) is 10.2 Å². The number of nitrogens with one attached hydrogen (secondary N) is 1. The minimum Gasteiger partial charge on any atom is -0.484 e. The van der Waals surface area contributed by atoms with Crippen molar-refractivity contribution in [3.63, 3.8) is 0 Å². The summed E-state index contributed by atoms with van der Waals surface area (Å²) in [6, 6.07) is 19.2. The van der Waals surface area contributed by atoms with E-state index in [4.69, 9.17) is 9.47 Å². The van der Waals surface area contributed by atoms with E-state index >= 15 is 0 Å². The fourth-order valence-corrected chi connectivity index (χ4v) is 3.36. The summed E-state index contributed by atoms with van der Waals surface area (Å²) in [4.78, 5) is 14.5. The number of amides is 1. The van der Waals surface area contributed by atoms with Gasteiger partial charge in [0.25, 0.3) is 5.91 Å². The van der Waals surface area contributed by atoms with Crippen LogP contribution in [0.3, 0.4) is 0 Å². The summed E-state index contributed by atoms with van der Waals surface area (Å²) in [7, 11) is 0. The molecule has 1 aliphatic rings. The maximum Gasteiger partial charge on any atom is 0.262 e. The third-order valence-electron chi connectivity index (χ3n) is 5.13. The van der Waals surface area contributed by atoms with Crippen LogP contribution in [0, 0.1) is 0 Å². The minimum atomic E-state index is -0.217. The van der Waals surface area contributed by atoms with Gasteiger partial charge in [-0.25, -0.2) is 0 Å². The first-order chi connectivity index (χ1) is 15.2. The molecule has 0 unspecified atom stereocenters. The quantitative estimate of drug-likeness (QED) is 0.632. The topological polar surface area (TPSA) is 76.6 Å². The van der Waals surface area contributed by atoms with Crippen molar-refractivity contribution in [2.75, 3.05) is 43.1 Å². The van der Waals surface area contributed by atoms with Gasteiger partial charge in [-0.1, -0.05) is 31.2 Å². The second-order valence-corrected chi connectivity index (χ2v) is 7.29. The molecule has 1 amide bonds. The van der Waals surface area contributed by atoms with Gasteiger partial charge in [-0.15, -0.1) is 10.2 Å². The molecule has 0 aliphatic carbocycles. The van der Waals surface area contributed by atoms with Crippen molar-refractivity contribution in [3.05, 3.63) is 66.2 Å². The van der Waals surface area contributed by atoms with E-state index in [1.807, 2.05) is 60.7 Å². The first kappa shape index (κ1) is 20.8. The van der Waals surface area contributed by atoms with Crippen LogP contribution in [0.5, 0.6) is 5.75 Å². The molecule has 0 atom stereocenters. The van der Waals surface area contributed by atoms with Crippen LogP contribution >= 0.6 is 0 Å². The Kier molecular flexibility index (Phi) is 6.74. The van der Waals surface area contributed by atoms with Crippen LogP contribution in [-0.4, -0.2) is 49.0 Å². The lowest BCUT2D eigenvalue weighted by Gasteiger charge is -2.27. The first-order valence-electron chi connectivity index (χ1n) is 10.5. The summed E-state index contributed by atoms with van der Waals surface area (Å²) in [6.07, 6.45) is 0.970. The molecular weight excluding hydrogens is 392 g/mol. The number of carbonyl (C=O) groups is 1. The lowest BCUT2D eigenvalue weighted by atomic mass is 10.1. The second kappa shape index (κ2) is 10.0. The van der Waals surface area contributed by atoms with E-state index in [0.29, 0.717) is 24.7 Å². The minimum absolute atomic E-state index is 0.0518. The SMILES string of the molecule is CCc1ccc(OCC(=O)Nc2cccc(-c3ccc(N4CCOCC4)nn3)c2)cc1. The number of nitrogens with zero attached hydrogens (tertiary/aromatic N) is 3. The zero-order valence-electron chi connectivity index (χ0n) is 17.6. The van der Waals surface area contributed by atoms with Gasteiger partial charge in [0, 0.05) is 24.3 Å². The van der Waals surface area contributed by atoms with Gasteiger partial charge in [-0.05, 0) is 48.4 Å². The number of benzene rings is 2. The lowest BCUT2D eigenvalue weighted by Crippen LogP contribution is -2.36. The average Bonchev–Trinajstić information content (AvgIpc) is 2.84. The summed E-state index contributed by atoms with van der Waals surface area (Å²) < 4.78 is 11.0. The van der Waals surface area contributed by atoms with Crippen LogP contribution in [0.25, 0.3) is 11.3 Å². The summed E-state index contributed by atoms with van der Waals surface area (Å²) in [5.74, 6) is 1.31. The van der Waals surface area contributed by atoms with E-state index in [2.05, 4.69) is 27.3 Å². The molecule has 1 N–H and O–H groups in total. The van der Waals surface area contributed by atoms with Crippen molar-refractivity contribution >= 4 is 17.4 Å². The molecule has 4 rings (SSSR count). The van der Waals surface area contributed by atoms with Crippen LogP contribution < -0.4 is 15.0 Å². The van der Waals surface area contributed by atoms with Gasteiger partial charge in [0.2, 0.25) is 0 Å². The van der Waals surface area contributed by atoms with E-state index in [1.54, 1.807) is 0 Å². The Bertz CT molecular complexity index is 1000. The number of carbonyl (C=O) groups excluding carboxylic acids is 1. The molecule has 0 saturated carbocycles. The average molecular weight is 418 g/mol. The number of aromatic nitrogens is 2. The normalized spacial score (nSPS) is 13.6. The van der Waals surface area contributed by atoms with Gasteiger partial charge in [0.05, 0.1) is 18.9 Å². The van der Waals surface area contributed by atoms with Crippen LogP contribution in [0.1, 0.15) is 12.5 Å². The lowest BCUT2D eigenvalue weighted by molar-refractivity contribution is -0.118. The van der Waals surface area contributed by atoms with Gasteiger partial charge >= 0.3 is 0 Å². The van der Waals surface area contributed by atoms with E-state index in [1.165, 1.54) is 5.56 Å². The molecule has 1 aliphatic heterocycles. The number of hydrogen-bond acceptors (Lipinski definition) is 6. The van der Waals surface area contributed by atoms with Crippen LogP contribution in [0.2, 0.25) is 0 Å². The molecule has 160 valence electrons. The van der Waals surface area contributed by atoms with Crippen molar-refractivity contribution < 1.29 is 14.3 Å². The molecule has 1 fully saturated rings. The number of rotatable bonds is 7. The fraction of sp³-hybridized carbons (Fsp3) is 0.292. The maximum absolute atomic E-state index is 12.3. The van der Waals surface area contributed by atoms with Gasteiger partial charge in [-0.3, -0.25) is 4.79 Å². The third kappa shape index (κ3) is 5.58. The van der Waals surface area contributed by atoms with Crippen LogP contribution in [0.4, 0.5) is 11.5 Å². The summed E-state index contributed by atoms with van der Waals surface area (Å²) in [5, 5.41) is 11.6. The zero-order chi connectivity index (χ0) is 21.5. The Morgan fingerprint density at radius 1 is 1.06 bits per heavy atom.